The summed E-state index contributed by atoms with van der Waals surface area (Å²) in [6.07, 6.45) is 2.09. The third kappa shape index (κ3) is 5.03. The molecule has 6 nitrogen and oxygen atoms in total. The van der Waals surface area contributed by atoms with E-state index < -0.39 is 21.7 Å². The van der Waals surface area contributed by atoms with Crippen molar-refractivity contribution in [1.29, 1.82) is 0 Å². The quantitative estimate of drug-likeness (QED) is 0.722. The lowest BCUT2D eigenvalue weighted by Crippen LogP contribution is -2.51. The summed E-state index contributed by atoms with van der Waals surface area (Å²) < 4.78 is 33.0. The fraction of sp³-hybridized carbons (Fsp3) is 0.458. The van der Waals surface area contributed by atoms with Crippen LogP contribution in [0, 0.1) is 13.8 Å². The minimum absolute atomic E-state index is 0.262. The topological polar surface area (TPSA) is 75.7 Å². The number of amides is 1. The molecule has 1 aliphatic rings. The average Bonchev–Trinajstić information content (AvgIpc) is 2.66. The normalized spacial score (nSPS) is 18.5. The second kappa shape index (κ2) is 8.54. The molecule has 2 aromatic carbocycles. The molecule has 0 aromatic heterocycles. The molecule has 0 bridgehead atoms. The number of benzene rings is 2. The highest BCUT2D eigenvalue weighted by atomic mass is 32.2. The molecule has 1 aliphatic heterocycles. The molecule has 0 unspecified atom stereocenters. The third-order valence-electron chi connectivity index (χ3n) is 5.62. The lowest BCUT2D eigenvalue weighted by molar-refractivity contribution is -0.123. The Bertz CT molecular complexity index is 1080. The number of ether oxygens (including phenoxy) is 1. The van der Waals surface area contributed by atoms with Gasteiger partial charge in [0.1, 0.15) is 17.4 Å². The number of nitrogens with zero attached hydrogens (tertiary/aromatic N) is 1. The Morgan fingerprint density at radius 1 is 1.23 bits per heavy atom. The van der Waals surface area contributed by atoms with Gasteiger partial charge in [-0.25, -0.2) is 8.42 Å². The standard InChI is InChI=1S/C24H32N2O4S/c1-7-20(26(31(6,28)29)21-14-16(2)12-13-17(21)3)23(27)25-19-15-24(4,5)30-22-11-9-8-10-18(19)22/h8-14,19-20H,7,15H2,1-6H3,(H,25,27)/t19-,20+/m1/s1. The number of carbonyl (C=O) groups excluding carboxylic acids is 1. The van der Waals surface area contributed by atoms with Crippen molar-refractivity contribution in [1.82, 2.24) is 5.32 Å². The number of anilines is 1. The van der Waals surface area contributed by atoms with Crippen LogP contribution in [-0.4, -0.2) is 32.2 Å². The van der Waals surface area contributed by atoms with Gasteiger partial charge < -0.3 is 10.1 Å². The molecular formula is C24H32N2O4S. The van der Waals surface area contributed by atoms with Crippen LogP contribution in [0.15, 0.2) is 42.5 Å². The van der Waals surface area contributed by atoms with E-state index >= 15 is 0 Å². The molecule has 2 atom stereocenters. The number of hydrogen-bond acceptors (Lipinski definition) is 4. The zero-order chi connectivity index (χ0) is 23.0. The number of fused-ring (bicyclic) bond motifs is 1. The van der Waals surface area contributed by atoms with Crippen LogP contribution in [0.4, 0.5) is 5.69 Å². The van der Waals surface area contributed by atoms with Crippen LogP contribution >= 0.6 is 0 Å². The minimum Gasteiger partial charge on any atom is -0.487 e. The Labute approximate surface area is 185 Å². The molecule has 0 spiro atoms. The first-order chi connectivity index (χ1) is 14.4. The van der Waals surface area contributed by atoms with E-state index in [0.717, 1.165) is 28.7 Å². The number of para-hydroxylation sites is 1. The molecule has 0 radical (unpaired) electrons. The largest absolute Gasteiger partial charge is 0.487 e. The second-order valence-electron chi connectivity index (χ2n) is 8.94. The molecule has 168 valence electrons. The molecule has 1 N–H and O–H groups in total. The van der Waals surface area contributed by atoms with Gasteiger partial charge in [-0.15, -0.1) is 0 Å². The lowest BCUT2D eigenvalue weighted by Gasteiger charge is -2.39. The summed E-state index contributed by atoms with van der Waals surface area (Å²) in [4.78, 5) is 13.5. The van der Waals surface area contributed by atoms with Gasteiger partial charge in [0, 0.05) is 12.0 Å². The second-order valence-corrected chi connectivity index (χ2v) is 10.8. The minimum atomic E-state index is -3.69. The van der Waals surface area contributed by atoms with E-state index in [-0.39, 0.29) is 11.9 Å². The Kier molecular flexibility index (Phi) is 6.37. The van der Waals surface area contributed by atoms with Crippen LogP contribution in [0.2, 0.25) is 0 Å². The Morgan fingerprint density at radius 2 is 1.90 bits per heavy atom. The highest BCUT2D eigenvalue weighted by Gasteiger charge is 2.38. The average molecular weight is 445 g/mol. The van der Waals surface area contributed by atoms with Crippen molar-refractivity contribution in [3.8, 4) is 5.75 Å². The molecule has 0 fully saturated rings. The molecule has 7 heteroatoms. The van der Waals surface area contributed by atoms with Crippen molar-refractivity contribution < 1.29 is 17.9 Å². The van der Waals surface area contributed by atoms with Crippen LogP contribution in [0.1, 0.15) is 56.3 Å². The van der Waals surface area contributed by atoms with Gasteiger partial charge >= 0.3 is 0 Å². The summed E-state index contributed by atoms with van der Waals surface area (Å²) in [6.45, 7) is 9.56. The zero-order valence-corrected chi connectivity index (χ0v) is 19.9. The van der Waals surface area contributed by atoms with E-state index in [9.17, 15) is 13.2 Å². The summed E-state index contributed by atoms with van der Waals surface area (Å²) >= 11 is 0. The number of aryl methyl sites for hydroxylation is 2. The van der Waals surface area contributed by atoms with Crippen LogP contribution in [-0.2, 0) is 14.8 Å². The molecule has 2 aromatic rings. The van der Waals surface area contributed by atoms with E-state index in [0.29, 0.717) is 18.5 Å². The van der Waals surface area contributed by atoms with Gasteiger partial charge in [-0.2, -0.15) is 0 Å². The predicted octanol–water partition coefficient (Wildman–Crippen LogP) is 4.27. The van der Waals surface area contributed by atoms with Gasteiger partial charge in [-0.3, -0.25) is 9.10 Å². The molecule has 1 heterocycles. The van der Waals surface area contributed by atoms with Gasteiger partial charge in [0.05, 0.1) is 18.0 Å². The maximum absolute atomic E-state index is 13.5. The Morgan fingerprint density at radius 3 is 2.55 bits per heavy atom. The number of rotatable bonds is 6. The smallest absolute Gasteiger partial charge is 0.244 e. The van der Waals surface area contributed by atoms with E-state index in [2.05, 4.69) is 5.32 Å². The molecular weight excluding hydrogens is 412 g/mol. The number of carbonyl (C=O) groups is 1. The zero-order valence-electron chi connectivity index (χ0n) is 19.1. The molecule has 31 heavy (non-hydrogen) atoms. The van der Waals surface area contributed by atoms with Crippen LogP contribution in [0.25, 0.3) is 0 Å². The van der Waals surface area contributed by atoms with E-state index in [4.69, 9.17) is 4.74 Å². The molecule has 0 saturated heterocycles. The maximum atomic E-state index is 13.5. The van der Waals surface area contributed by atoms with Crippen LogP contribution in [0.5, 0.6) is 5.75 Å². The van der Waals surface area contributed by atoms with Crippen LogP contribution in [0.3, 0.4) is 0 Å². The highest BCUT2D eigenvalue weighted by Crippen LogP contribution is 2.39. The SMILES string of the molecule is CC[C@@H](C(=O)N[C@@H]1CC(C)(C)Oc2ccccc21)N(c1cc(C)ccc1C)S(C)(=O)=O. The first-order valence-electron chi connectivity index (χ1n) is 10.6. The van der Waals surface area contributed by atoms with Crippen molar-refractivity contribution in [2.75, 3.05) is 10.6 Å². The van der Waals surface area contributed by atoms with Crippen molar-refractivity contribution in [2.45, 2.75) is 65.1 Å². The summed E-state index contributed by atoms with van der Waals surface area (Å²) in [5.41, 5.74) is 2.74. The molecule has 1 amide bonds. The first-order valence-corrected chi connectivity index (χ1v) is 12.4. The third-order valence-corrected chi connectivity index (χ3v) is 6.79. The first kappa shape index (κ1) is 23.1. The Hall–Kier alpha value is -2.54. The van der Waals surface area contributed by atoms with Crippen LogP contribution < -0.4 is 14.4 Å². The summed E-state index contributed by atoms with van der Waals surface area (Å²) in [7, 11) is -3.69. The Balaban J connectivity index is 1.97. The summed E-state index contributed by atoms with van der Waals surface area (Å²) in [5, 5.41) is 3.11. The van der Waals surface area contributed by atoms with Gasteiger partial charge in [0.15, 0.2) is 0 Å². The van der Waals surface area contributed by atoms with Gasteiger partial charge in [-0.1, -0.05) is 37.3 Å². The number of nitrogens with one attached hydrogen (secondary N) is 1. The van der Waals surface area contributed by atoms with Gasteiger partial charge in [0.2, 0.25) is 15.9 Å². The van der Waals surface area contributed by atoms with Crippen molar-refractivity contribution >= 4 is 21.6 Å². The molecule has 0 aliphatic carbocycles. The lowest BCUT2D eigenvalue weighted by atomic mass is 9.89. The van der Waals surface area contributed by atoms with Gasteiger partial charge in [0.25, 0.3) is 0 Å². The number of hydrogen-bond donors (Lipinski definition) is 1. The maximum Gasteiger partial charge on any atom is 0.244 e. The molecule has 0 saturated carbocycles. The summed E-state index contributed by atoms with van der Waals surface area (Å²) in [6, 6.07) is 12.2. The molecule has 3 rings (SSSR count). The fourth-order valence-electron chi connectivity index (χ4n) is 4.19. The predicted molar refractivity (Wildman–Crippen MR) is 124 cm³/mol. The van der Waals surface area contributed by atoms with E-state index in [1.165, 1.54) is 4.31 Å². The van der Waals surface area contributed by atoms with Crippen molar-refractivity contribution in [3.63, 3.8) is 0 Å². The fourth-order valence-corrected chi connectivity index (χ4v) is 5.45. The van der Waals surface area contributed by atoms with E-state index in [1.807, 2.05) is 77.1 Å². The van der Waals surface area contributed by atoms with Gasteiger partial charge in [-0.05, 0) is 57.4 Å². The summed E-state index contributed by atoms with van der Waals surface area (Å²) in [5.74, 6) is 0.429. The highest BCUT2D eigenvalue weighted by molar-refractivity contribution is 7.92. The van der Waals surface area contributed by atoms with Crippen molar-refractivity contribution in [2.24, 2.45) is 0 Å². The monoisotopic (exact) mass is 444 g/mol. The van der Waals surface area contributed by atoms with Crippen molar-refractivity contribution in [3.05, 3.63) is 59.2 Å². The van der Waals surface area contributed by atoms with E-state index in [1.54, 1.807) is 0 Å². The number of sulfonamides is 1.